The van der Waals surface area contributed by atoms with Crippen molar-refractivity contribution in [3.05, 3.63) is 46.8 Å². The number of aryl methyl sites for hydroxylation is 1. The molecule has 0 radical (unpaired) electrons. The summed E-state index contributed by atoms with van der Waals surface area (Å²) >= 11 is 0. The lowest BCUT2D eigenvalue weighted by molar-refractivity contribution is 0.0741. The molecule has 2 aliphatic heterocycles. The van der Waals surface area contributed by atoms with Crippen LogP contribution in [-0.4, -0.2) is 47.3 Å². The number of likely N-dealkylation sites (tertiary alicyclic amines) is 1. The van der Waals surface area contributed by atoms with Crippen molar-refractivity contribution in [2.45, 2.75) is 38.8 Å². The lowest BCUT2D eigenvalue weighted by atomic mass is 10.0. The van der Waals surface area contributed by atoms with Gasteiger partial charge in [0.15, 0.2) is 5.75 Å². The van der Waals surface area contributed by atoms with E-state index in [0.717, 1.165) is 31.5 Å². The Morgan fingerprint density at radius 3 is 2.76 bits per heavy atom. The number of hydrogen-bond donors (Lipinski definition) is 0. The van der Waals surface area contributed by atoms with Gasteiger partial charge in [0.05, 0.1) is 18.3 Å². The van der Waals surface area contributed by atoms with E-state index in [9.17, 15) is 4.39 Å². The fourth-order valence-corrected chi connectivity index (χ4v) is 3.69. The second kappa shape index (κ2) is 8.21. The molecule has 0 amide bonds. The van der Waals surface area contributed by atoms with Crippen LogP contribution in [0.3, 0.4) is 0 Å². The first-order chi connectivity index (χ1) is 14.0. The summed E-state index contributed by atoms with van der Waals surface area (Å²) in [5.41, 5.74) is 1.77. The fraction of sp³-hybridized carbons (Fsp3) is 0.476. The highest BCUT2D eigenvalue weighted by Crippen LogP contribution is 2.34. The molecule has 0 spiro atoms. The summed E-state index contributed by atoms with van der Waals surface area (Å²) in [4.78, 5) is 14.2. The highest BCUT2D eigenvalue weighted by Gasteiger charge is 2.29. The Bertz CT molecular complexity index is 938. The molecule has 2 aromatic heterocycles. The van der Waals surface area contributed by atoms with Gasteiger partial charge in [0.25, 0.3) is 5.88 Å². The number of aromatic nitrogens is 2. The van der Waals surface area contributed by atoms with Crippen molar-refractivity contribution in [1.29, 1.82) is 0 Å². The maximum absolute atomic E-state index is 14.6. The highest BCUT2D eigenvalue weighted by atomic mass is 19.1. The van der Waals surface area contributed by atoms with Crippen LogP contribution in [-0.2, 0) is 0 Å². The van der Waals surface area contributed by atoms with Crippen LogP contribution in [0.1, 0.15) is 37.1 Å². The second-order valence-electron chi connectivity index (χ2n) is 7.31. The highest BCUT2D eigenvalue weighted by molar-refractivity contribution is 5.50. The number of nitrogens with zero attached hydrogens (tertiary/aromatic N) is 4. The van der Waals surface area contributed by atoms with E-state index in [0.29, 0.717) is 42.1 Å². The SMILES string of the molecule is [C-]#[N+]c1cnc(OC2CCN(C(C)c3nc4c(cc3F)OCCO4)CC2)cc1C. The van der Waals surface area contributed by atoms with Gasteiger partial charge >= 0.3 is 0 Å². The van der Waals surface area contributed by atoms with Crippen molar-refractivity contribution in [3.8, 4) is 17.5 Å². The van der Waals surface area contributed by atoms with Crippen molar-refractivity contribution in [1.82, 2.24) is 14.9 Å². The van der Waals surface area contributed by atoms with Gasteiger partial charge in [-0.25, -0.2) is 19.2 Å². The van der Waals surface area contributed by atoms with Gasteiger partial charge < -0.3 is 14.2 Å². The van der Waals surface area contributed by atoms with Crippen LogP contribution in [0.5, 0.6) is 17.5 Å². The quantitative estimate of drug-likeness (QED) is 0.729. The molecule has 1 atom stereocenters. The van der Waals surface area contributed by atoms with E-state index in [1.54, 1.807) is 12.3 Å². The van der Waals surface area contributed by atoms with Gasteiger partial charge in [-0.3, -0.25) is 4.90 Å². The predicted octanol–water partition coefficient (Wildman–Crippen LogP) is 3.85. The van der Waals surface area contributed by atoms with E-state index >= 15 is 0 Å². The molecule has 1 unspecified atom stereocenters. The van der Waals surface area contributed by atoms with Crippen LogP contribution in [0.15, 0.2) is 18.3 Å². The third-order valence-electron chi connectivity index (χ3n) is 5.40. The minimum atomic E-state index is -0.375. The Kier molecular flexibility index (Phi) is 5.49. The van der Waals surface area contributed by atoms with Crippen molar-refractivity contribution in [3.63, 3.8) is 0 Å². The van der Waals surface area contributed by atoms with Gasteiger partial charge in [-0.1, -0.05) is 0 Å². The van der Waals surface area contributed by atoms with Crippen molar-refractivity contribution >= 4 is 5.69 Å². The van der Waals surface area contributed by atoms with Gasteiger partial charge in [-0.2, -0.15) is 0 Å². The average Bonchev–Trinajstić information content (AvgIpc) is 2.73. The molecule has 4 heterocycles. The molecular formula is C21H23FN4O3. The van der Waals surface area contributed by atoms with Crippen LogP contribution >= 0.6 is 0 Å². The van der Waals surface area contributed by atoms with E-state index in [2.05, 4.69) is 19.7 Å². The Labute approximate surface area is 169 Å². The van der Waals surface area contributed by atoms with Crippen LogP contribution in [0.25, 0.3) is 4.85 Å². The number of piperidine rings is 1. The largest absolute Gasteiger partial charge is 0.484 e. The van der Waals surface area contributed by atoms with Crippen LogP contribution in [0, 0.1) is 19.3 Å². The van der Waals surface area contributed by atoms with Crippen molar-refractivity contribution in [2.24, 2.45) is 0 Å². The van der Waals surface area contributed by atoms with Gasteiger partial charge in [0, 0.05) is 25.4 Å². The molecular weight excluding hydrogens is 375 g/mol. The normalized spacial score (nSPS) is 18.1. The zero-order valence-corrected chi connectivity index (χ0v) is 16.5. The molecule has 0 aromatic carbocycles. The van der Waals surface area contributed by atoms with E-state index in [4.69, 9.17) is 20.8 Å². The fourth-order valence-electron chi connectivity index (χ4n) is 3.69. The predicted molar refractivity (Wildman–Crippen MR) is 104 cm³/mol. The number of hydrogen-bond acceptors (Lipinski definition) is 6. The smallest absolute Gasteiger partial charge is 0.257 e. The first-order valence-corrected chi connectivity index (χ1v) is 9.76. The molecule has 8 heteroatoms. The number of ether oxygens (including phenoxy) is 3. The standard InChI is InChI=1S/C21H23FN4O3/c1-13-10-19(24-12-17(13)23-3)29-15-4-6-26(7-5-15)14(2)20-16(22)11-18-21(25-20)28-9-8-27-18/h10-12,14-15H,4-9H2,1-2H3. The van der Waals surface area contributed by atoms with E-state index in [1.165, 1.54) is 6.07 Å². The molecule has 4 rings (SSSR count). The molecule has 29 heavy (non-hydrogen) atoms. The van der Waals surface area contributed by atoms with Crippen LogP contribution < -0.4 is 14.2 Å². The molecule has 0 saturated carbocycles. The molecule has 7 nitrogen and oxygen atoms in total. The molecule has 2 aliphatic rings. The summed E-state index contributed by atoms with van der Waals surface area (Å²) in [5.74, 6) is 0.895. The third-order valence-corrected chi connectivity index (χ3v) is 5.40. The lowest BCUT2D eigenvalue weighted by Gasteiger charge is -2.35. The Morgan fingerprint density at radius 2 is 2.03 bits per heavy atom. The Morgan fingerprint density at radius 1 is 1.28 bits per heavy atom. The summed E-state index contributed by atoms with van der Waals surface area (Å²) in [6, 6.07) is 2.99. The third kappa shape index (κ3) is 4.10. The topological polar surface area (TPSA) is 61.1 Å². The summed E-state index contributed by atoms with van der Waals surface area (Å²) < 4.78 is 31.5. The number of fused-ring (bicyclic) bond motifs is 1. The van der Waals surface area contributed by atoms with Gasteiger partial charge in [0.1, 0.15) is 25.1 Å². The monoisotopic (exact) mass is 398 g/mol. The second-order valence-corrected chi connectivity index (χ2v) is 7.31. The minimum Gasteiger partial charge on any atom is -0.484 e. The van der Waals surface area contributed by atoms with Crippen molar-refractivity contribution < 1.29 is 18.6 Å². The van der Waals surface area contributed by atoms with E-state index < -0.39 is 0 Å². The van der Waals surface area contributed by atoms with E-state index in [-0.39, 0.29) is 18.0 Å². The number of halogens is 1. The van der Waals surface area contributed by atoms with Crippen molar-refractivity contribution in [2.75, 3.05) is 26.3 Å². The van der Waals surface area contributed by atoms with Gasteiger partial charge in [0.2, 0.25) is 11.6 Å². The van der Waals surface area contributed by atoms with Crippen LogP contribution in [0.4, 0.5) is 10.1 Å². The first kappa shape index (κ1) is 19.4. The molecule has 1 fully saturated rings. The summed E-state index contributed by atoms with van der Waals surface area (Å²) in [7, 11) is 0. The zero-order chi connectivity index (χ0) is 20.4. The maximum Gasteiger partial charge on any atom is 0.257 e. The molecule has 0 N–H and O–H groups in total. The number of rotatable bonds is 4. The van der Waals surface area contributed by atoms with Gasteiger partial charge in [-0.05, 0) is 38.3 Å². The average molecular weight is 398 g/mol. The first-order valence-electron chi connectivity index (χ1n) is 9.76. The number of pyridine rings is 2. The molecule has 1 saturated heterocycles. The summed E-state index contributed by atoms with van der Waals surface area (Å²) in [6.45, 7) is 13.3. The lowest BCUT2D eigenvalue weighted by Crippen LogP contribution is -2.40. The summed E-state index contributed by atoms with van der Waals surface area (Å²) in [5, 5.41) is 0. The summed E-state index contributed by atoms with van der Waals surface area (Å²) in [6.07, 6.45) is 3.21. The van der Waals surface area contributed by atoms with E-state index in [1.807, 2.05) is 13.8 Å². The zero-order valence-electron chi connectivity index (χ0n) is 16.5. The Hall–Kier alpha value is -2.92. The molecule has 0 aliphatic carbocycles. The maximum atomic E-state index is 14.6. The minimum absolute atomic E-state index is 0.0437. The Balaban J connectivity index is 1.38. The van der Waals surface area contributed by atoms with Crippen LogP contribution in [0.2, 0.25) is 0 Å². The van der Waals surface area contributed by atoms with Gasteiger partial charge in [-0.15, -0.1) is 0 Å². The molecule has 2 aromatic rings. The molecule has 0 bridgehead atoms. The molecule has 152 valence electrons.